The van der Waals surface area contributed by atoms with Gasteiger partial charge in [0.15, 0.2) is 0 Å². The van der Waals surface area contributed by atoms with Gasteiger partial charge in [0.25, 0.3) is 0 Å². The molecule has 0 N–H and O–H groups in total. The molecule has 0 aliphatic heterocycles. The number of pyridine rings is 2. The van der Waals surface area contributed by atoms with Crippen molar-refractivity contribution < 1.29 is 27.3 Å². The number of hydrogen-bond acceptors (Lipinski definition) is 4. The van der Waals surface area contributed by atoms with Crippen molar-refractivity contribution in [3.05, 3.63) is 66.0 Å². The summed E-state index contributed by atoms with van der Waals surface area (Å²) in [5.41, 5.74) is 0.888. The number of halogens is 4. The molecule has 0 aliphatic carbocycles. The van der Waals surface area contributed by atoms with E-state index >= 15 is 0 Å². The van der Waals surface area contributed by atoms with Gasteiger partial charge in [-0.05, 0) is 81.6 Å². The maximum Gasteiger partial charge on any atom is 2.00 e. The van der Waals surface area contributed by atoms with Gasteiger partial charge in [-0.1, -0.05) is 34.7 Å². The van der Waals surface area contributed by atoms with E-state index in [-0.39, 0.29) is 28.6 Å². The maximum atomic E-state index is 11.6. The van der Waals surface area contributed by atoms with Crippen LogP contribution in [0.1, 0.15) is 0 Å². The summed E-state index contributed by atoms with van der Waals surface area (Å²) in [5.74, 6) is -0.110. The summed E-state index contributed by atoms with van der Waals surface area (Å²) >= 11 is 15.8. The van der Waals surface area contributed by atoms with Crippen LogP contribution >= 0.6 is 68.4 Å². The molecule has 0 unspecified atom stereocenters. The normalized spacial score (nSPS) is 10.2. The summed E-state index contributed by atoms with van der Waals surface area (Å²) in [4.78, 5) is 8.00. The first-order valence-corrected chi connectivity index (χ1v) is 10.1. The molecule has 0 fully saturated rings. The minimum atomic E-state index is -0.0550. The molecule has 4 nitrogen and oxygen atoms in total. The van der Waals surface area contributed by atoms with Gasteiger partial charge in [0.05, 0.1) is 21.1 Å². The van der Waals surface area contributed by atoms with Crippen molar-refractivity contribution >= 4 is 90.2 Å². The molecule has 0 spiro atoms. The van der Waals surface area contributed by atoms with Gasteiger partial charge in [-0.25, -0.2) is 0 Å². The van der Waals surface area contributed by atoms with Crippen LogP contribution in [0.3, 0.4) is 0 Å². The number of rotatable bonds is 0. The van der Waals surface area contributed by atoms with E-state index in [4.69, 9.17) is 23.2 Å². The molecule has 0 bridgehead atoms. The third-order valence-electron chi connectivity index (χ3n) is 3.50. The van der Waals surface area contributed by atoms with E-state index in [2.05, 4.69) is 9.97 Å². The Morgan fingerprint density at radius 3 is 1.48 bits per heavy atom. The summed E-state index contributed by atoms with van der Waals surface area (Å²) in [6.45, 7) is 0. The smallest absolute Gasteiger partial charge is 0.870 e. The summed E-state index contributed by atoms with van der Waals surface area (Å²) in [6, 6.07) is 10.4. The van der Waals surface area contributed by atoms with Crippen LogP contribution in [-0.4, -0.2) is 9.97 Å². The quantitative estimate of drug-likeness (QED) is 0.194. The van der Waals surface area contributed by atoms with Crippen molar-refractivity contribution in [2.24, 2.45) is 0 Å². The molecule has 0 saturated heterocycles. The number of hydrogen-bond donors (Lipinski definition) is 0. The van der Waals surface area contributed by atoms with Crippen LogP contribution in [0.15, 0.2) is 48.8 Å². The van der Waals surface area contributed by atoms with E-state index in [0.29, 0.717) is 28.2 Å². The summed E-state index contributed by atoms with van der Waals surface area (Å²) < 4.78 is 1.21. The molecule has 2 aromatic carbocycles. The van der Waals surface area contributed by atoms with Gasteiger partial charge in [-0.3, -0.25) is 9.97 Å². The van der Waals surface area contributed by atoms with Gasteiger partial charge in [-0.15, -0.1) is 0 Å². The molecule has 2 heterocycles. The SMILES string of the molecule is [Mn+2].[O-]c1c([124I])cc(Cl)c2cccnc12.[O-]c1c([124I])cc(Cl)c2cccnc12. The molecule has 1 radical (unpaired) electrons. The molecular weight excluding hydrogens is 650 g/mol. The van der Waals surface area contributed by atoms with Gasteiger partial charge in [0.1, 0.15) is 0 Å². The van der Waals surface area contributed by atoms with Crippen molar-refractivity contribution in [1.29, 1.82) is 0 Å². The Morgan fingerprint density at radius 1 is 0.741 bits per heavy atom. The third-order valence-corrected chi connectivity index (χ3v) is 5.73. The molecule has 137 valence electrons. The monoisotopic (exact) mass is 657 g/mol. The second-order valence-electron chi connectivity index (χ2n) is 5.14. The van der Waals surface area contributed by atoms with Gasteiger partial charge in [0, 0.05) is 30.3 Å². The Kier molecular flexibility index (Phi) is 8.20. The maximum absolute atomic E-state index is 11.6. The van der Waals surface area contributed by atoms with Gasteiger partial charge in [-0.2, -0.15) is 0 Å². The second kappa shape index (κ2) is 9.75. The molecule has 27 heavy (non-hydrogen) atoms. The third kappa shape index (κ3) is 4.89. The predicted molar refractivity (Wildman–Crippen MR) is 118 cm³/mol. The van der Waals surface area contributed by atoms with Crippen LogP contribution in [-0.2, 0) is 17.1 Å². The van der Waals surface area contributed by atoms with Crippen molar-refractivity contribution in [1.82, 2.24) is 9.97 Å². The van der Waals surface area contributed by atoms with Crippen LogP contribution in [0, 0.1) is 7.14 Å². The zero-order valence-electron chi connectivity index (χ0n) is 13.2. The first kappa shape index (κ1) is 22.7. The molecule has 4 aromatic rings. The fourth-order valence-corrected chi connectivity index (χ4v) is 4.32. The number of fused-ring (bicyclic) bond motifs is 2. The first-order valence-electron chi connectivity index (χ1n) is 7.19. The standard InChI is InChI=1S/2C9H5ClINO.Mn/c2*10-6-4-7(11)9(13)8-5(6)2-1-3-12-8;/h2*1-4,13H;/q;;+2/p-2/i2*11-3;. The van der Waals surface area contributed by atoms with Crippen molar-refractivity contribution in [3.63, 3.8) is 0 Å². The zero-order valence-corrected chi connectivity index (χ0v) is 20.2. The fraction of sp³-hybridized carbons (Fsp3) is 0. The van der Waals surface area contributed by atoms with E-state index in [1.54, 1.807) is 48.8 Å². The van der Waals surface area contributed by atoms with Crippen LogP contribution < -0.4 is 10.2 Å². The molecular formula is C18H8Cl2I2MnN2O2. The molecule has 0 atom stereocenters. The minimum absolute atomic E-state index is 0. The zero-order chi connectivity index (χ0) is 18.8. The van der Waals surface area contributed by atoms with Crippen molar-refractivity contribution in [2.75, 3.05) is 0 Å². The predicted octanol–water partition coefficient (Wildman–Crippen LogP) is 5.13. The molecule has 4 rings (SSSR count). The number of benzene rings is 2. The van der Waals surface area contributed by atoms with Gasteiger partial charge in [0.2, 0.25) is 0 Å². The Bertz CT molecular complexity index is 1040. The van der Waals surface area contributed by atoms with E-state index in [1.165, 1.54) is 0 Å². The average Bonchev–Trinajstić information content (AvgIpc) is 2.65. The van der Waals surface area contributed by atoms with E-state index < -0.39 is 0 Å². The molecule has 2 aromatic heterocycles. The largest absolute Gasteiger partial charge is 2.00 e. The first-order chi connectivity index (χ1) is 12.4. The van der Waals surface area contributed by atoms with Crippen molar-refractivity contribution in [3.8, 4) is 11.5 Å². The topological polar surface area (TPSA) is 71.9 Å². The average molecular weight is 658 g/mol. The summed E-state index contributed by atoms with van der Waals surface area (Å²) in [5, 5.41) is 25.7. The Morgan fingerprint density at radius 2 is 1.11 bits per heavy atom. The van der Waals surface area contributed by atoms with Crippen LogP contribution in [0.4, 0.5) is 0 Å². The minimum Gasteiger partial charge on any atom is -0.870 e. The van der Waals surface area contributed by atoms with E-state index in [9.17, 15) is 10.2 Å². The van der Waals surface area contributed by atoms with E-state index in [1.807, 2.05) is 45.2 Å². The number of nitrogens with zero attached hydrogens (tertiary/aromatic N) is 2. The van der Waals surface area contributed by atoms with Gasteiger partial charge < -0.3 is 10.2 Å². The van der Waals surface area contributed by atoms with Crippen LogP contribution in [0.2, 0.25) is 10.0 Å². The van der Waals surface area contributed by atoms with Crippen LogP contribution in [0.5, 0.6) is 11.5 Å². The fourth-order valence-electron chi connectivity index (χ4n) is 2.29. The molecule has 9 heteroatoms. The Labute approximate surface area is 203 Å². The molecule has 0 saturated carbocycles. The summed E-state index contributed by atoms with van der Waals surface area (Å²) in [7, 11) is 0. The van der Waals surface area contributed by atoms with Crippen LogP contribution in [0.25, 0.3) is 21.8 Å². The molecule has 0 amide bonds. The Balaban J connectivity index is 0.000000187. The number of aromatic nitrogens is 2. The van der Waals surface area contributed by atoms with Crippen molar-refractivity contribution in [2.45, 2.75) is 0 Å². The second-order valence-corrected chi connectivity index (χ2v) is 8.28. The van der Waals surface area contributed by atoms with E-state index in [0.717, 1.165) is 10.8 Å². The molecule has 0 aliphatic rings. The van der Waals surface area contributed by atoms with Gasteiger partial charge >= 0.3 is 17.1 Å². The summed E-state index contributed by atoms with van der Waals surface area (Å²) in [6.07, 6.45) is 3.19. The Hall–Kier alpha value is -0.581.